The highest BCUT2D eigenvalue weighted by Gasteiger charge is 2.28. The third-order valence-corrected chi connectivity index (χ3v) is 3.89. The van der Waals surface area contributed by atoms with E-state index in [2.05, 4.69) is 0 Å². The first-order valence-corrected chi connectivity index (χ1v) is 6.83. The van der Waals surface area contributed by atoms with Gasteiger partial charge >= 0.3 is 0 Å². The van der Waals surface area contributed by atoms with Crippen molar-refractivity contribution >= 4 is 23.2 Å². The highest BCUT2D eigenvalue weighted by molar-refractivity contribution is 6.34. The number of nitrogen functional groups attached to an aromatic ring is 1. The molecule has 1 fully saturated rings. The fraction of sp³-hybridized carbons (Fsp3) is 0.500. The average Bonchev–Trinajstić information content (AvgIpc) is 2.49. The molecule has 1 atom stereocenters. The maximum Gasteiger partial charge on any atom is 0.255 e. The lowest BCUT2D eigenvalue weighted by atomic mass is 9.98. The number of amides is 1. The van der Waals surface area contributed by atoms with Crippen LogP contribution in [0.25, 0.3) is 0 Å². The number of nitrogens with two attached hydrogens (primary N) is 1. The Morgan fingerprint density at radius 2 is 2.16 bits per heavy atom. The maximum atomic E-state index is 12.4. The molecule has 1 aliphatic heterocycles. The summed E-state index contributed by atoms with van der Waals surface area (Å²) in [6.45, 7) is 3.01. The number of nitrogens with zero attached hydrogens (tertiary/aromatic N) is 1. The van der Waals surface area contributed by atoms with E-state index in [9.17, 15) is 9.90 Å². The number of aliphatic hydroxyl groups is 1. The summed E-state index contributed by atoms with van der Waals surface area (Å²) in [7, 11) is 0. The molecule has 0 spiro atoms. The number of likely N-dealkylation sites (tertiary alicyclic amines) is 1. The van der Waals surface area contributed by atoms with Gasteiger partial charge in [0.05, 0.1) is 16.2 Å². The van der Waals surface area contributed by atoms with Gasteiger partial charge in [-0.3, -0.25) is 4.79 Å². The number of hydrogen-bond acceptors (Lipinski definition) is 3. The SMILES string of the molecule is CC1(O)CCCN(C(=O)c2ccc(N)cc2Cl)CC1. The van der Waals surface area contributed by atoms with Crippen molar-refractivity contribution in [1.82, 2.24) is 4.90 Å². The molecule has 0 radical (unpaired) electrons. The minimum Gasteiger partial charge on any atom is -0.399 e. The van der Waals surface area contributed by atoms with Gasteiger partial charge in [0, 0.05) is 18.8 Å². The molecule has 104 valence electrons. The predicted octanol–water partition coefficient (Wildman–Crippen LogP) is 2.30. The van der Waals surface area contributed by atoms with Crippen molar-refractivity contribution < 1.29 is 9.90 Å². The average molecular weight is 283 g/mol. The zero-order valence-electron chi connectivity index (χ0n) is 11.0. The van der Waals surface area contributed by atoms with Crippen LogP contribution in [0.5, 0.6) is 0 Å². The Labute approximate surface area is 118 Å². The van der Waals surface area contributed by atoms with Gasteiger partial charge in [0.2, 0.25) is 0 Å². The summed E-state index contributed by atoms with van der Waals surface area (Å²) < 4.78 is 0. The molecule has 1 amide bonds. The van der Waals surface area contributed by atoms with E-state index in [-0.39, 0.29) is 5.91 Å². The molecule has 3 N–H and O–H groups in total. The summed E-state index contributed by atoms with van der Waals surface area (Å²) in [4.78, 5) is 14.2. The molecule has 0 aromatic heterocycles. The quantitative estimate of drug-likeness (QED) is 0.777. The minimum atomic E-state index is -0.681. The summed E-state index contributed by atoms with van der Waals surface area (Å²) in [6.07, 6.45) is 2.10. The Kier molecular flexibility index (Phi) is 4.02. The largest absolute Gasteiger partial charge is 0.399 e. The number of anilines is 1. The van der Waals surface area contributed by atoms with Gasteiger partial charge in [-0.05, 0) is 44.4 Å². The molecule has 1 aromatic rings. The molecule has 1 unspecified atom stereocenters. The van der Waals surface area contributed by atoms with Crippen LogP contribution in [0.3, 0.4) is 0 Å². The van der Waals surface area contributed by atoms with Crippen LogP contribution in [0.2, 0.25) is 5.02 Å². The lowest BCUT2D eigenvalue weighted by Gasteiger charge is -2.23. The monoisotopic (exact) mass is 282 g/mol. The van der Waals surface area contributed by atoms with Gasteiger partial charge in [-0.2, -0.15) is 0 Å². The first-order chi connectivity index (χ1) is 8.89. The lowest BCUT2D eigenvalue weighted by molar-refractivity contribution is 0.0438. The Morgan fingerprint density at radius 3 is 2.84 bits per heavy atom. The smallest absolute Gasteiger partial charge is 0.255 e. The number of benzene rings is 1. The van der Waals surface area contributed by atoms with Crippen LogP contribution in [0.15, 0.2) is 18.2 Å². The Hall–Kier alpha value is -1.26. The maximum absolute atomic E-state index is 12.4. The Morgan fingerprint density at radius 1 is 1.42 bits per heavy atom. The summed E-state index contributed by atoms with van der Waals surface area (Å²) in [5.41, 5.74) is 5.96. The first-order valence-electron chi connectivity index (χ1n) is 6.46. The molecule has 5 heteroatoms. The zero-order chi connectivity index (χ0) is 14.0. The van der Waals surface area contributed by atoms with Crippen LogP contribution in [-0.2, 0) is 0 Å². The lowest BCUT2D eigenvalue weighted by Crippen LogP contribution is -2.33. The van der Waals surface area contributed by atoms with Crippen molar-refractivity contribution in [1.29, 1.82) is 0 Å². The molecule has 1 aliphatic rings. The van der Waals surface area contributed by atoms with Gasteiger partial charge in [0.25, 0.3) is 5.91 Å². The second-order valence-electron chi connectivity index (χ2n) is 5.38. The van der Waals surface area contributed by atoms with Crippen molar-refractivity contribution in [3.63, 3.8) is 0 Å². The fourth-order valence-corrected chi connectivity index (χ4v) is 2.61. The normalized spacial score (nSPS) is 24.1. The van der Waals surface area contributed by atoms with Gasteiger partial charge in [0.1, 0.15) is 0 Å². The van der Waals surface area contributed by atoms with Crippen LogP contribution < -0.4 is 5.73 Å². The summed E-state index contributed by atoms with van der Waals surface area (Å²) in [6, 6.07) is 4.92. The molecular weight excluding hydrogens is 264 g/mol. The van der Waals surface area contributed by atoms with E-state index in [0.29, 0.717) is 42.2 Å². The molecule has 2 rings (SSSR count). The molecule has 4 nitrogen and oxygen atoms in total. The van der Waals surface area contributed by atoms with Gasteiger partial charge in [0.15, 0.2) is 0 Å². The van der Waals surface area contributed by atoms with Crippen LogP contribution in [-0.4, -0.2) is 34.6 Å². The Bertz CT molecular complexity index is 488. The predicted molar refractivity (Wildman–Crippen MR) is 76.2 cm³/mol. The van der Waals surface area contributed by atoms with Crippen LogP contribution in [0.1, 0.15) is 36.5 Å². The highest BCUT2D eigenvalue weighted by Crippen LogP contribution is 2.25. The van der Waals surface area contributed by atoms with E-state index in [0.717, 1.165) is 6.42 Å². The third-order valence-electron chi connectivity index (χ3n) is 3.57. The van der Waals surface area contributed by atoms with Crippen molar-refractivity contribution in [2.24, 2.45) is 0 Å². The molecule has 1 heterocycles. The second kappa shape index (κ2) is 5.39. The van der Waals surface area contributed by atoms with E-state index >= 15 is 0 Å². The molecule has 1 saturated heterocycles. The van der Waals surface area contributed by atoms with Gasteiger partial charge in [-0.15, -0.1) is 0 Å². The van der Waals surface area contributed by atoms with Gasteiger partial charge in [-0.1, -0.05) is 11.6 Å². The van der Waals surface area contributed by atoms with Crippen molar-refractivity contribution in [3.8, 4) is 0 Å². The van der Waals surface area contributed by atoms with Gasteiger partial charge in [-0.25, -0.2) is 0 Å². The number of hydrogen-bond donors (Lipinski definition) is 2. The van der Waals surface area contributed by atoms with Crippen molar-refractivity contribution in [2.75, 3.05) is 18.8 Å². The second-order valence-corrected chi connectivity index (χ2v) is 5.79. The van der Waals surface area contributed by atoms with E-state index in [1.165, 1.54) is 0 Å². The molecular formula is C14H19ClN2O2. The van der Waals surface area contributed by atoms with Crippen LogP contribution in [0.4, 0.5) is 5.69 Å². The number of halogens is 1. The number of rotatable bonds is 1. The van der Waals surface area contributed by atoms with E-state index < -0.39 is 5.60 Å². The van der Waals surface area contributed by atoms with E-state index in [4.69, 9.17) is 17.3 Å². The van der Waals surface area contributed by atoms with Crippen molar-refractivity contribution in [3.05, 3.63) is 28.8 Å². The Balaban J connectivity index is 2.15. The van der Waals surface area contributed by atoms with Crippen LogP contribution >= 0.6 is 11.6 Å². The standard InChI is InChI=1S/C14H19ClN2O2/c1-14(19)5-2-7-17(8-6-14)13(18)11-4-3-10(16)9-12(11)15/h3-4,9,19H,2,5-8,16H2,1H3. The third kappa shape index (κ3) is 3.39. The number of carbonyl (C=O) groups is 1. The zero-order valence-corrected chi connectivity index (χ0v) is 11.8. The topological polar surface area (TPSA) is 66.6 Å². The molecule has 0 bridgehead atoms. The van der Waals surface area contributed by atoms with Crippen LogP contribution in [0, 0.1) is 0 Å². The molecule has 1 aromatic carbocycles. The minimum absolute atomic E-state index is 0.0947. The molecule has 0 saturated carbocycles. The van der Waals surface area contributed by atoms with E-state index in [1.54, 1.807) is 23.1 Å². The number of carbonyl (C=O) groups excluding carboxylic acids is 1. The molecule has 19 heavy (non-hydrogen) atoms. The van der Waals surface area contributed by atoms with Gasteiger partial charge < -0.3 is 15.7 Å². The highest BCUT2D eigenvalue weighted by atomic mass is 35.5. The van der Waals surface area contributed by atoms with E-state index in [1.807, 2.05) is 6.92 Å². The summed E-state index contributed by atoms with van der Waals surface area (Å²) >= 11 is 6.06. The first kappa shape index (κ1) is 14.2. The summed E-state index contributed by atoms with van der Waals surface area (Å²) in [5.74, 6) is -0.0947. The fourth-order valence-electron chi connectivity index (χ4n) is 2.34. The summed E-state index contributed by atoms with van der Waals surface area (Å²) in [5, 5.41) is 10.4. The molecule has 0 aliphatic carbocycles. The van der Waals surface area contributed by atoms with Crippen molar-refractivity contribution in [2.45, 2.75) is 31.8 Å².